The number of halogens is 4. The van der Waals surface area contributed by atoms with Crippen molar-refractivity contribution in [2.75, 3.05) is 0 Å². The van der Waals surface area contributed by atoms with E-state index in [2.05, 4.69) is 6.92 Å². The van der Waals surface area contributed by atoms with Gasteiger partial charge in [0.05, 0.1) is 0 Å². The second-order valence-electron chi connectivity index (χ2n) is 9.42. The van der Waals surface area contributed by atoms with Crippen LogP contribution in [0.4, 0.5) is 17.6 Å². The van der Waals surface area contributed by atoms with Gasteiger partial charge < -0.3 is 0 Å². The first-order chi connectivity index (χ1) is 10.6. The minimum Gasteiger partial charge on any atom is -0.207 e. The number of rotatable bonds is 0. The van der Waals surface area contributed by atoms with Crippen LogP contribution in [0.15, 0.2) is 0 Å². The third-order valence-corrected chi connectivity index (χ3v) is 8.63. The van der Waals surface area contributed by atoms with Crippen LogP contribution in [-0.2, 0) is 0 Å². The van der Waals surface area contributed by atoms with Gasteiger partial charge in [0.2, 0.25) is 5.92 Å². The van der Waals surface area contributed by atoms with Crippen molar-refractivity contribution in [2.24, 2.45) is 34.5 Å². The van der Waals surface area contributed by atoms with Gasteiger partial charge in [-0.15, -0.1) is 0 Å². The summed E-state index contributed by atoms with van der Waals surface area (Å²) < 4.78 is 56.6. The Bertz CT molecular complexity index is 502. The minimum atomic E-state index is -2.54. The molecule has 0 bridgehead atoms. The average molecular weight is 332 g/mol. The Morgan fingerprint density at radius 2 is 1.43 bits per heavy atom. The van der Waals surface area contributed by atoms with E-state index in [4.69, 9.17) is 0 Å². The van der Waals surface area contributed by atoms with Crippen LogP contribution in [0.1, 0.15) is 71.6 Å². The summed E-state index contributed by atoms with van der Waals surface area (Å²) in [6, 6.07) is 0. The molecule has 0 unspecified atom stereocenters. The van der Waals surface area contributed by atoms with Gasteiger partial charge in [0.15, 0.2) is 0 Å². The largest absolute Gasteiger partial charge is 0.253 e. The lowest BCUT2D eigenvalue weighted by molar-refractivity contribution is -0.188. The maximum Gasteiger partial charge on any atom is 0.253 e. The number of hydrogen-bond acceptors (Lipinski definition) is 0. The Labute approximate surface area is 136 Å². The Kier molecular flexibility index (Phi) is 3.28. The van der Waals surface area contributed by atoms with Crippen molar-refractivity contribution < 1.29 is 17.6 Å². The van der Waals surface area contributed by atoms with Crippen LogP contribution in [-0.4, -0.2) is 11.8 Å². The van der Waals surface area contributed by atoms with Gasteiger partial charge in [-0.05, 0) is 67.6 Å². The fourth-order valence-corrected chi connectivity index (χ4v) is 7.10. The van der Waals surface area contributed by atoms with E-state index >= 15 is 0 Å². The predicted molar refractivity (Wildman–Crippen MR) is 81.6 cm³/mol. The molecule has 6 atom stereocenters. The summed E-state index contributed by atoms with van der Waals surface area (Å²) in [6.07, 6.45) is 4.31. The lowest BCUT2D eigenvalue weighted by Gasteiger charge is -2.60. The molecule has 4 heteroatoms. The van der Waals surface area contributed by atoms with Crippen molar-refractivity contribution in [3.63, 3.8) is 0 Å². The first-order valence-corrected chi connectivity index (χ1v) is 9.35. The Morgan fingerprint density at radius 1 is 0.739 bits per heavy atom. The van der Waals surface area contributed by atoms with Gasteiger partial charge in [0, 0.05) is 24.7 Å². The highest BCUT2D eigenvalue weighted by Crippen LogP contribution is 2.69. The van der Waals surface area contributed by atoms with Crippen molar-refractivity contribution in [2.45, 2.75) is 83.5 Å². The molecule has 0 N–H and O–H groups in total. The summed E-state index contributed by atoms with van der Waals surface area (Å²) in [5.74, 6) is -4.17. The molecule has 4 fully saturated rings. The maximum absolute atomic E-state index is 14.5. The highest BCUT2D eigenvalue weighted by atomic mass is 19.3. The Morgan fingerprint density at radius 3 is 2.17 bits per heavy atom. The van der Waals surface area contributed by atoms with E-state index in [1.54, 1.807) is 6.92 Å². The van der Waals surface area contributed by atoms with Gasteiger partial charge in [-0.3, -0.25) is 0 Å². The SMILES string of the molecule is C[C@]12CCC(F)(F)C[C@@H]1CC[C@@H]1[C@@H]2CC[C@@]2(C)[C@H]1CCC2(F)F. The molecule has 132 valence electrons. The first kappa shape index (κ1) is 16.2. The zero-order chi connectivity index (χ0) is 16.7. The molecule has 0 aromatic rings. The topological polar surface area (TPSA) is 0 Å². The van der Waals surface area contributed by atoms with E-state index < -0.39 is 17.3 Å². The average Bonchev–Trinajstić information content (AvgIpc) is 2.70. The highest BCUT2D eigenvalue weighted by molar-refractivity contribution is 5.11. The van der Waals surface area contributed by atoms with Gasteiger partial charge in [0.25, 0.3) is 5.92 Å². The van der Waals surface area contributed by atoms with Gasteiger partial charge in [0.1, 0.15) is 0 Å². The fourth-order valence-electron chi connectivity index (χ4n) is 7.10. The van der Waals surface area contributed by atoms with E-state index in [0.29, 0.717) is 31.1 Å². The molecule has 0 heterocycles. The molecule has 0 amide bonds. The molecule has 23 heavy (non-hydrogen) atoms. The van der Waals surface area contributed by atoms with E-state index in [9.17, 15) is 17.6 Å². The van der Waals surface area contributed by atoms with Crippen LogP contribution in [0.3, 0.4) is 0 Å². The van der Waals surface area contributed by atoms with Gasteiger partial charge >= 0.3 is 0 Å². The summed E-state index contributed by atoms with van der Waals surface area (Å²) in [4.78, 5) is 0. The quantitative estimate of drug-likeness (QED) is 0.457. The van der Waals surface area contributed by atoms with Crippen molar-refractivity contribution in [3.05, 3.63) is 0 Å². The van der Waals surface area contributed by atoms with Crippen LogP contribution in [0, 0.1) is 34.5 Å². The molecular weight excluding hydrogens is 304 g/mol. The molecular formula is C19H28F4. The summed E-state index contributed by atoms with van der Waals surface area (Å²) in [5.41, 5.74) is -0.903. The van der Waals surface area contributed by atoms with Crippen LogP contribution in [0.25, 0.3) is 0 Å². The zero-order valence-electron chi connectivity index (χ0n) is 14.2. The van der Waals surface area contributed by atoms with Crippen molar-refractivity contribution in [1.82, 2.24) is 0 Å². The van der Waals surface area contributed by atoms with Crippen molar-refractivity contribution >= 4 is 0 Å². The summed E-state index contributed by atoms with van der Waals surface area (Å²) in [7, 11) is 0. The lowest BCUT2D eigenvalue weighted by Crippen LogP contribution is -2.55. The molecule has 0 spiro atoms. The van der Waals surface area contributed by atoms with E-state index in [1.807, 2.05) is 0 Å². The molecule has 4 aliphatic carbocycles. The second-order valence-corrected chi connectivity index (χ2v) is 9.42. The minimum absolute atomic E-state index is 0.0126. The third-order valence-electron chi connectivity index (χ3n) is 8.63. The van der Waals surface area contributed by atoms with Crippen LogP contribution in [0.2, 0.25) is 0 Å². The number of fused-ring (bicyclic) bond motifs is 5. The van der Waals surface area contributed by atoms with E-state index in [0.717, 1.165) is 19.3 Å². The second kappa shape index (κ2) is 4.66. The summed E-state index contributed by atoms with van der Waals surface area (Å²) >= 11 is 0. The number of alkyl halides is 4. The first-order valence-electron chi connectivity index (χ1n) is 9.35. The standard InChI is InChI=1S/C19H28F4/c1-16-9-10-18(20,21)11-12(16)3-4-13-14(16)5-7-17(2)15(13)6-8-19(17,22)23/h12-15H,3-11H2,1-2H3/t12-,13+,14-,15-,16-,17-/m0/s1. The van der Waals surface area contributed by atoms with Gasteiger partial charge in [-0.1, -0.05) is 13.8 Å². The van der Waals surface area contributed by atoms with Gasteiger partial charge in [-0.25, -0.2) is 17.6 Å². The molecule has 4 saturated carbocycles. The lowest BCUT2D eigenvalue weighted by atomic mass is 9.45. The van der Waals surface area contributed by atoms with Crippen molar-refractivity contribution in [1.29, 1.82) is 0 Å². The molecule has 4 aliphatic rings. The number of hydrogen-bond donors (Lipinski definition) is 0. The third kappa shape index (κ3) is 2.08. The molecule has 0 aromatic carbocycles. The maximum atomic E-state index is 14.5. The summed E-state index contributed by atoms with van der Waals surface area (Å²) in [5, 5.41) is 0. The predicted octanol–water partition coefficient (Wildman–Crippen LogP) is 6.30. The van der Waals surface area contributed by atoms with Crippen LogP contribution >= 0.6 is 0 Å². The van der Waals surface area contributed by atoms with E-state index in [-0.39, 0.29) is 36.5 Å². The molecule has 0 radical (unpaired) electrons. The molecule has 0 nitrogen and oxygen atoms in total. The van der Waals surface area contributed by atoms with Gasteiger partial charge in [-0.2, -0.15) is 0 Å². The molecule has 0 saturated heterocycles. The normalized spacial score (nSPS) is 54.0. The molecule has 4 rings (SSSR count). The Hall–Kier alpha value is -0.280. The van der Waals surface area contributed by atoms with E-state index in [1.165, 1.54) is 0 Å². The zero-order valence-corrected chi connectivity index (χ0v) is 14.2. The molecule has 0 aromatic heterocycles. The summed E-state index contributed by atoms with van der Waals surface area (Å²) in [6.45, 7) is 3.99. The van der Waals surface area contributed by atoms with Crippen LogP contribution < -0.4 is 0 Å². The Balaban J connectivity index is 1.63. The monoisotopic (exact) mass is 332 g/mol. The van der Waals surface area contributed by atoms with Crippen molar-refractivity contribution in [3.8, 4) is 0 Å². The fraction of sp³-hybridized carbons (Fsp3) is 1.00. The highest BCUT2D eigenvalue weighted by Gasteiger charge is 2.66. The smallest absolute Gasteiger partial charge is 0.207 e. The van der Waals surface area contributed by atoms with Crippen LogP contribution in [0.5, 0.6) is 0 Å². The molecule has 0 aliphatic heterocycles.